The molecule has 0 aromatic heterocycles. The molecule has 27 heavy (non-hydrogen) atoms. The lowest BCUT2D eigenvalue weighted by Gasteiger charge is -2.42. The van der Waals surface area contributed by atoms with Gasteiger partial charge in [-0.25, -0.2) is 0 Å². The second-order valence-electron chi connectivity index (χ2n) is 7.26. The van der Waals surface area contributed by atoms with Crippen LogP contribution in [-0.2, 0) is 5.60 Å². The molecule has 0 unspecified atom stereocenters. The SMILES string of the molecule is COc1cccc2c1OCC(CN1CC[C@](O)(c3ccccc3)[C@@H](O)C1)=C2. The van der Waals surface area contributed by atoms with Gasteiger partial charge < -0.3 is 19.7 Å². The minimum atomic E-state index is -1.19. The topological polar surface area (TPSA) is 62.2 Å². The number of piperidine rings is 1. The number of hydrogen-bond acceptors (Lipinski definition) is 5. The highest BCUT2D eigenvalue weighted by Gasteiger charge is 2.42. The van der Waals surface area contributed by atoms with E-state index in [4.69, 9.17) is 9.47 Å². The van der Waals surface area contributed by atoms with Gasteiger partial charge in [-0.1, -0.05) is 42.5 Å². The molecule has 142 valence electrons. The normalized spacial score (nSPS) is 25.3. The Kier molecular flexibility index (Phi) is 4.91. The zero-order chi connectivity index (χ0) is 18.9. The van der Waals surface area contributed by atoms with Crippen LogP contribution >= 0.6 is 0 Å². The Balaban J connectivity index is 1.45. The van der Waals surface area contributed by atoms with Crippen LogP contribution in [0.1, 0.15) is 17.5 Å². The fraction of sp³-hybridized carbons (Fsp3) is 0.364. The van der Waals surface area contributed by atoms with Crippen molar-refractivity contribution in [1.82, 2.24) is 4.90 Å². The molecule has 0 saturated carbocycles. The lowest BCUT2D eigenvalue weighted by molar-refractivity contribution is -0.123. The molecule has 0 spiro atoms. The van der Waals surface area contributed by atoms with Gasteiger partial charge in [0.25, 0.3) is 0 Å². The third-order valence-electron chi connectivity index (χ3n) is 5.48. The molecule has 2 aromatic carbocycles. The van der Waals surface area contributed by atoms with Gasteiger partial charge in [-0.15, -0.1) is 0 Å². The van der Waals surface area contributed by atoms with Crippen LogP contribution in [0.4, 0.5) is 0 Å². The number of para-hydroxylation sites is 1. The summed E-state index contributed by atoms with van der Waals surface area (Å²) in [6, 6.07) is 15.3. The van der Waals surface area contributed by atoms with Crippen LogP contribution in [0.25, 0.3) is 6.08 Å². The first-order valence-corrected chi connectivity index (χ1v) is 9.28. The van der Waals surface area contributed by atoms with E-state index in [-0.39, 0.29) is 0 Å². The molecule has 5 heteroatoms. The predicted octanol–water partition coefficient (Wildman–Crippen LogP) is 2.43. The first-order valence-electron chi connectivity index (χ1n) is 9.28. The lowest BCUT2D eigenvalue weighted by Crippen LogP contribution is -2.54. The van der Waals surface area contributed by atoms with Crippen molar-refractivity contribution in [1.29, 1.82) is 0 Å². The zero-order valence-corrected chi connectivity index (χ0v) is 15.5. The number of methoxy groups -OCH3 is 1. The van der Waals surface area contributed by atoms with Crippen molar-refractivity contribution < 1.29 is 19.7 Å². The highest BCUT2D eigenvalue weighted by Crippen LogP contribution is 2.37. The molecule has 1 saturated heterocycles. The first-order chi connectivity index (χ1) is 13.1. The highest BCUT2D eigenvalue weighted by molar-refractivity contribution is 5.66. The Morgan fingerprint density at radius 3 is 2.74 bits per heavy atom. The number of fused-ring (bicyclic) bond motifs is 1. The minimum absolute atomic E-state index is 0.424. The molecule has 2 heterocycles. The van der Waals surface area contributed by atoms with E-state index in [0.29, 0.717) is 32.7 Å². The van der Waals surface area contributed by atoms with Gasteiger partial charge in [0.2, 0.25) is 0 Å². The van der Waals surface area contributed by atoms with Crippen LogP contribution in [0.3, 0.4) is 0 Å². The van der Waals surface area contributed by atoms with Crippen molar-refractivity contribution in [2.45, 2.75) is 18.1 Å². The number of ether oxygens (including phenoxy) is 2. The number of likely N-dealkylation sites (tertiary alicyclic amines) is 1. The number of aliphatic hydroxyl groups is 2. The summed E-state index contributed by atoms with van der Waals surface area (Å²) in [5.41, 5.74) is 1.75. The zero-order valence-electron chi connectivity index (χ0n) is 15.5. The Morgan fingerprint density at radius 2 is 2.00 bits per heavy atom. The number of benzene rings is 2. The van der Waals surface area contributed by atoms with E-state index in [1.165, 1.54) is 0 Å². The molecule has 0 bridgehead atoms. The van der Waals surface area contributed by atoms with Crippen LogP contribution in [-0.4, -0.2) is 54.6 Å². The van der Waals surface area contributed by atoms with Crippen LogP contribution < -0.4 is 9.47 Å². The van der Waals surface area contributed by atoms with Crippen LogP contribution in [0, 0.1) is 0 Å². The van der Waals surface area contributed by atoms with E-state index in [1.807, 2.05) is 48.5 Å². The predicted molar refractivity (Wildman–Crippen MR) is 104 cm³/mol. The fourth-order valence-electron chi connectivity index (χ4n) is 3.96. The van der Waals surface area contributed by atoms with Crippen molar-refractivity contribution in [2.75, 3.05) is 33.4 Å². The van der Waals surface area contributed by atoms with E-state index < -0.39 is 11.7 Å². The second-order valence-corrected chi connectivity index (χ2v) is 7.26. The monoisotopic (exact) mass is 367 g/mol. The third-order valence-corrected chi connectivity index (χ3v) is 5.48. The molecule has 2 N–H and O–H groups in total. The quantitative estimate of drug-likeness (QED) is 0.869. The number of hydrogen-bond donors (Lipinski definition) is 2. The summed E-state index contributed by atoms with van der Waals surface area (Å²) in [4.78, 5) is 2.17. The van der Waals surface area contributed by atoms with Crippen molar-refractivity contribution in [3.63, 3.8) is 0 Å². The Morgan fingerprint density at radius 1 is 1.19 bits per heavy atom. The molecule has 2 aliphatic rings. The van der Waals surface area contributed by atoms with Crippen molar-refractivity contribution >= 4 is 6.08 Å². The minimum Gasteiger partial charge on any atom is -0.493 e. The maximum Gasteiger partial charge on any atom is 0.168 e. The standard InChI is InChI=1S/C22H25NO4/c1-26-19-9-5-6-17-12-16(15-27-21(17)19)13-23-11-10-22(25,20(24)14-23)18-7-3-2-4-8-18/h2-9,12,20,24-25H,10-11,13-15H2,1H3/t20-,22-/m0/s1. The van der Waals surface area contributed by atoms with Crippen LogP contribution in [0.15, 0.2) is 54.1 Å². The molecule has 1 fully saturated rings. The maximum atomic E-state index is 11.0. The smallest absolute Gasteiger partial charge is 0.168 e. The van der Waals surface area contributed by atoms with Gasteiger partial charge in [0.1, 0.15) is 12.2 Å². The number of rotatable bonds is 4. The number of aliphatic hydroxyl groups excluding tert-OH is 1. The maximum absolute atomic E-state index is 11.0. The molecule has 0 amide bonds. The van der Waals surface area contributed by atoms with Gasteiger partial charge in [0, 0.05) is 25.2 Å². The van der Waals surface area contributed by atoms with Gasteiger partial charge in [-0.2, -0.15) is 0 Å². The van der Waals surface area contributed by atoms with E-state index >= 15 is 0 Å². The molecule has 0 aliphatic carbocycles. The molecule has 2 atom stereocenters. The summed E-state index contributed by atoms with van der Waals surface area (Å²) < 4.78 is 11.3. The van der Waals surface area contributed by atoms with E-state index in [0.717, 1.165) is 28.2 Å². The third kappa shape index (κ3) is 3.46. The average molecular weight is 367 g/mol. The fourth-order valence-corrected chi connectivity index (χ4v) is 3.96. The van der Waals surface area contributed by atoms with Crippen LogP contribution in [0.5, 0.6) is 11.5 Å². The van der Waals surface area contributed by atoms with Gasteiger partial charge in [0.05, 0.1) is 13.2 Å². The molecular formula is C22H25NO4. The van der Waals surface area contributed by atoms with E-state index in [9.17, 15) is 10.2 Å². The highest BCUT2D eigenvalue weighted by atomic mass is 16.5. The Hall–Kier alpha value is -2.34. The van der Waals surface area contributed by atoms with Gasteiger partial charge in [-0.3, -0.25) is 4.90 Å². The summed E-state index contributed by atoms with van der Waals surface area (Å²) in [7, 11) is 1.64. The van der Waals surface area contributed by atoms with Crippen molar-refractivity contribution in [3.05, 3.63) is 65.2 Å². The largest absolute Gasteiger partial charge is 0.493 e. The van der Waals surface area contributed by atoms with Crippen LogP contribution in [0.2, 0.25) is 0 Å². The summed E-state index contributed by atoms with van der Waals surface area (Å²) >= 11 is 0. The summed E-state index contributed by atoms with van der Waals surface area (Å²) in [6.45, 7) is 2.35. The van der Waals surface area contributed by atoms with E-state index in [2.05, 4.69) is 11.0 Å². The number of nitrogens with zero attached hydrogens (tertiary/aromatic N) is 1. The van der Waals surface area contributed by atoms with Gasteiger partial charge in [0.15, 0.2) is 11.5 Å². The Bertz CT molecular complexity index is 835. The summed E-state index contributed by atoms with van der Waals surface area (Å²) in [5.74, 6) is 1.52. The van der Waals surface area contributed by atoms with Crippen molar-refractivity contribution in [3.8, 4) is 11.5 Å². The second kappa shape index (κ2) is 7.35. The molecular weight excluding hydrogens is 342 g/mol. The first kappa shape index (κ1) is 18.0. The molecule has 2 aliphatic heterocycles. The van der Waals surface area contributed by atoms with Gasteiger partial charge >= 0.3 is 0 Å². The molecule has 5 nitrogen and oxygen atoms in total. The van der Waals surface area contributed by atoms with Crippen molar-refractivity contribution in [2.24, 2.45) is 0 Å². The summed E-state index contributed by atoms with van der Waals surface area (Å²) in [6.07, 6.45) is 1.80. The van der Waals surface area contributed by atoms with Gasteiger partial charge in [-0.05, 0) is 29.7 Å². The number of β-amino-alcohol motifs (C(OH)–C–C–N with tert-alkyl or cyclic N) is 1. The summed E-state index contributed by atoms with van der Waals surface area (Å²) in [5, 5.41) is 21.6. The molecule has 2 aromatic rings. The average Bonchev–Trinajstić information content (AvgIpc) is 2.71. The van der Waals surface area contributed by atoms with E-state index in [1.54, 1.807) is 7.11 Å². The Labute approximate surface area is 159 Å². The molecule has 4 rings (SSSR count). The lowest BCUT2D eigenvalue weighted by atomic mass is 9.82. The molecule has 0 radical (unpaired) electrons.